The maximum absolute atomic E-state index is 11.9. The number of pyridine rings is 1. The van der Waals surface area contributed by atoms with Gasteiger partial charge in [-0.25, -0.2) is 9.78 Å². The molecule has 2 rings (SSSR count). The lowest BCUT2D eigenvalue weighted by atomic mass is 10.2. The first kappa shape index (κ1) is 14.4. The SMILES string of the molecule is Cc1nc(C(=O)NCC2COCCO2)ccc1C(=O)O. The van der Waals surface area contributed by atoms with Crippen molar-refractivity contribution in [1.29, 1.82) is 0 Å². The minimum Gasteiger partial charge on any atom is -0.478 e. The number of ether oxygens (including phenoxy) is 2. The average molecular weight is 280 g/mol. The Labute approximate surface area is 115 Å². The average Bonchev–Trinajstić information content (AvgIpc) is 2.45. The Morgan fingerprint density at radius 2 is 2.25 bits per heavy atom. The van der Waals surface area contributed by atoms with Gasteiger partial charge in [0.25, 0.3) is 5.91 Å². The van der Waals surface area contributed by atoms with Gasteiger partial charge in [-0.1, -0.05) is 0 Å². The Morgan fingerprint density at radius 3 is 2.85 bits per heavy atom. The fourth-order valence-electron chi connectivity index (χ4n) is 1.87. The van der Waals surface area contributed by atoms with E-state index in [1.54, 1.807) is 6.92 Å². The lowest BCUT2D eigenvalue weighted by Crippen LogP contribution is -2.40. The molecule has 1 unspecified atom stereocenters. The second kappa shape index (κ2) is 6.44. The molecule has 1 aliphatic heterocycles. The Balaban J connectivity index is 1.95. The molecule has 1 amide bonds. The molecule has 7 nitrogen and oxygen atoms in total. The van der Waals surface area contributed by atoms with E-state index in [-0.39, 0.29) is 23.3 Å². The van der Waals surface area contributed by atoms with Crippen molar-refractivity contribution in [2.24, 2.45) is 0 Å². The highest BCUT2D eigenvalue weighted by atomic mass is 16.6. The van der Waals surface area contributed by atoms with E-state index in [1.165, 1.54) is 12.1 Å². The molecule has 7 heteroatoms. The second-order valence-electron chi connectivity index (χ2n) is 4.41. The number of amides is 1. The molecule has 2 N–H and O–H groups in total. The van der Waals surface area contributed by atoms with Gasteiger partial charge < -0.3 is 19.9 Å². The van der Waals surface area contributed by atoms with Crippen molar-refractivity contribution in [1.82, 2.24) is 10.3 Å². The highest BCUT2D eigenvalue weighted by molar-refractivity contribution is 5.94. The topological polar surface area (TPSA) is 97.8 Å². The third-order valence-electron chi connectivity index (χ3n) is 2.92. The van der Waals surface area contributed by atoms with E-state index in [9.17, 15) is 9.59 Å². The molecule has 1 fully saturated rings. The summed E-state index contributed by atoms with van der Waals surface area (Å²) in [5.74, 6) is -1.42. The minimum atomic E-state index is -1.06. The maximum Gasteiger partial charge on any atom is 0.337 e. The van der Waals surface area contributed by atoms with Crippen molar-refractivity contribution in [2.45, 2.75) is 13.0 Å². The molecular formula is C13H16N2O5. The Morgan fingerprint density at radius 1 is 1.45 bits per heavy atom. The number of aromatic nitrogens is 1. The third-order valence-corrected chi connectivity index (χ3v) is 2.92. The van der Waals surface area contributed by atoms with Crippen molar-refractivity contribution < 1.29 is 24.2 Å². The summed E-state index contributed by atoms with van der Waals surface area (Å²) >= 11 is 0. The summed E-state index contributed by atoms with van der Waals surface area (Å²) in [6.45, 7) is 3.43. The molecule has 1 aromatic rings. The monoisotopic (exact) mass is 280 g/mol. The number of carbonyl (C=O) groups excluding carboxylic acids is 1. The molecule has 0 bridgehead atoms. The van der Waals surface area contributed by atoms with Crippen LogP contribution in [-0.2, 0) is 9.47 Å². The fourth-order valence-corrected chi connectivity index (χ4v) is 1.87. The molecule has 0 saturated carbocycles. The largest absolute Gasteiger partial charge is 0.478 e. The van der Waals surface area contributed by atoms with Crippen LogP contribution in [0.1, 0.15) is 26.5 Å². The molecule has 0 aliphatic carbocycles. The van der Waals surface area contributed by atoms with Gasteiger partial charge in [-0.2, -0.15) is 0 Å². The molecule has 108 valence electrons. The summed E-state index contributed by atoms with van der Waals surface area (Å²) in [4.78, 5) is 26.8. The summed E-state index contributed by atoms with van der Waals surface area (Å²) < 4.78 is 10.6. The highest BCUT2D eigenvalue weighted by Gasteiger charge is 2.17. The molecule has 20 heavy (non-hydrogen) atoms. The van der Waals surface area contributed by atoms with E-state index in [2.05, 4.69) is 10.3 Å². The summed E-state index contributed by atoms with van der Waals surface area (Å²) in [6, 6.07) is 2.77. The van der Waals surface area contributed by atoms with Crippen LogP contribution in [0, 0.1) is 6.92 Å². The zero-order valence-corrected chi connectivity index (χ0v) is 11.1. The number of aryl methyl sites for hydroxylation is 1. The maximum atomic E-state index is 11.9. The van der Waals surface area contributed by atoms with Gasteiger partial charge in [0.1, 0.15) is 5.69 Å². The summed E-state index contributed by atoms with van der Waals surface area (Å²) in [5.41, 5.74) is 0.581. The van der Waals surface area contributed by atoms with Crippen molar-refractivity contribution >= 4 is 11.9 Å². The predicted octanol–water partition coefficient (Wildman–Crippen LogP) is 0.233. The van der Waals surface area contributed by atoms with Gasteiger partial charge in [0.05, 0.1) is 37.2 Å². The van der Waals surface area contributed by atoms with Gasteiger partial charge in [-0.05, 0) is 19.1 Å². The van der Waals surface area contributed by atoms with Crippen molar-refractivity contribution in [3.8, 4) is 0 Å². The summed E-state index contributed by atoms with van der Waals surface area (Å²) in [5, 5.41) is 11.6. The van der Waals surface area contributed by atoms with Crippen LogP contribution < -0.4 is 5.32 Å². The van der Waals surface area contributed by atoms with Gasteiger partial charge in [-0.3, -0.25) is 4.79 Å². The van der Waals surface area contributed by atoms with E-state index < -0.39 is 5.97 Å². The number of nitrogens with zero attached hydrogens (tertiary/aromatic N) is 1. The van der Waals surface area contributed by atoms with Crippen molar-refractivity contribution in [3.05, 3.63) is 29.1 Å². The number of rotatable bonds is 4. The number of carbonyl (C=O) groups is 2. The quantitative estimate of drug-likeness (QED) is 0.819. The first-order valence-corrected chi connectivity index (χ1v) is 6.26. The number of nitrogens with one attached hydrogen (secondary N) is 1. The second-order valence-corrected chi connectivity index (χ2v) is 4.41. The molecule has 1 atom stereocenters. The first-order chi connectivity index (χ1) is 9.58. The van der Waals surface area contributed by atoms with E-state index >= 15 is 0 Å². The number of hydrogen-bond donors (Lipinski definition) is 2. The van der Waals surface area contributed by atoms with Gasteiger partial charge in [0.15, 0.2) is 0 Å². The normalized spacial score (nSPS) is 18.6. The van der Waals surface area contributed by atoms with Crippen LogP contribution >= 0.6 is 0 Å². The zero-order chi connectivity index (χ0) is 14.5. The molecular weight excluding hydrogens is 264 g/mol. The van der Waals surface area contributed by atoms with Crippen LogP contribution in [0.25, 0.3) is 0 Å². The Hall–Kier alpha value is -1.99. The van der Waals surface area contributed by atoms with Gasteiger partial charge in [-0.15, -0.1) is 0 Å². The van der Waals surface area contributed by atoms with E-state index in [0.29, 0.717) is 32.1 Å². The lowest BCUT2D eigenvalue weighted by molar-refractivity contribution is -0.0855. The van der Waals surface area contributed by atoms with Gasteiger partial charge in [0, 0.05) is 6.54 Å². The van der Waals surface area contributed by atoms with Crippen LogP contribution in [0.3, 0.4) is 0 Å². The number of aromatic carboxylic acids is 1. The van der Waals surface area contributed by atoms with Crippen LogP contribution in [0.5, 0.6) is 0 Å². The smallest absolute Gasteiger partial charge is 0.337 e. The predicted molar refractivity (Wildman–Crippen MR) is 68.8 cm³/mol. The van der Waals surface area contributed by atoms with Crippen LogP contribution in [0.2, 0.25) is 0 Å². The minimum absolute atomic E-state index is 0.0885. The molecule has 1 saturated heterocycles. The molecule has 0 radical (unpaired) electrons. The van der Waals surface area contributed by atoms with Crippen LogP contribution in [0.15, 0.2) is 12.1 Å². The van der Waals surface area contributed by atoms with Crippen LogP contribution in [-0.4, -0.2) is 54.4 Å². The van der Waals surface area contributed by atoms with E-state index in [1.807, 2.05) is 0 Å². The number of carboxylic acids is 1. The van der Waals surface area contributed by atoms with Gasteiger partial charge in [0.2, 0.25) is 0 Å². The van der Waals surface area contributed by atoms with E-state index in [0.717, 1.165) is 0 Å². The van der Waals surface area contributed by atoms with E-state index in [4.69, 9.17) is 14.6 Å². The molecule has 0 spiro atoms. The Bertz CT molecular complexity index is 511. The zero-order valence-electron chi connectivity index (χ0n) is 11.1. The lowest BCUT2D eigenvalue weighted by Gasteiger charge is -2.22. The van der Waals surface area contributed by atoms with Crippen molar-refractivity contribution in [3.63, 3.8) is 0 Å². The molecule has 0 aromatic carbocycles. The van der Waals surface area contributed by atoms with Gasteiger partial charge >= 0.3 is 5.97 Å². The Kier molecular flexibility index (Phi) is 4.65. The molecule has 1 aromatic heterocycles. The molecule has 1 aliphatic rings. The fraction of sp³-hybridized carbons (Fsp3) is 0.462. The first-order valence-electron chi connectivity index (χ1n) is 6.26. The third kappa shape index (κ3) is 3.52. The standard InChI is InChI=1S/C13H16N2O5/c1-8-10(13(17)18)2-3-11(15-8)12(16)14-6-9-7-19-4-5-20-9/h2-3,9H,4-7H2,1H3,(H,14,16)(H,17,18). The van der Waals surface area contributed by atoms with Crippen LogP contribution in [0.4, 0.5) is 0 Å². The summed E-state index contributed by atoms with van der Waals surface area (Å²) in [7, 11) is 0. The highest BCUT2D eigenvalue weighted by Crippen LogP contribution is 2.07. The number of carboxylic acid groups (broad SMARTS) is 1. The van der Waals surface area contributed by atoms with Crippen molar-refractivity contribution in [2.75, 3.05) is 26.4 Å². The molecule has 2 heterocycles. The number of hydrogen-bond acceptors (Lipinski definition) is 5. The summed E-state index contributed by atoms with van der Waals surface area (Å²) in [6.07, 6.45) is -0.160.